The first-order valence-corrected chi connectivity index (χ1v) is 6.37. The molecular weight excluding hydrogens is 196 g/mol. The van der Waals surface area contributed by atoms with Gasteiger partial charge in [0.2, 0.25) is 0 Å². The maximum Gasteiger partial charge on any atom is 0.0429 e. The molecule has 1 aromatic carbocycles. The first kappa shape index (κ1) is 10.2. The van der Waals surface area contributed by atoms with Gasteiger partial charge < -0.3 is 10.2 Å². The van der Waals surface area contributed by atoms with Gasteiger partial charge in [-0.15, -0.1) is 0 Å². The van der Waals surface area contributed by atoms with E-state index in [0.29, 0.717) is 0 Å². The molecule has 16 heavy (non-hydrogen) atoms. The van der Waals surface area contributed by atoms with Crippen LogP contribution in [0.15, 0.2) is 18.2 Å². The van der Waals surface area contributed by atoms with Crippen molar-refractivity contribution >= 4 is 5.69 Å². The highest BCUT2D eigenvalue weighted by Crippen LogP contribution is 2.32. The summed E-state index contributed by atoms with van der Waals surface area (Å²) in [5.74, 6) is 0.848. The highest BCUT2D eigenvalue weighted by Gasteiger charge is 2.22. The van der Waals surface area contributed by atoms with Crippen LogP contribution in [0.5, 0.6) is 0 Å². The summed E-state index contributed by atoms with van der Waals surface area (Å²) in [6, 6.07) is 6.84. The number of fused-ring (bicyclic) bond motifs is 1. The number of nitrogens with one attached hydrogen (secondary N) is 1. The molecular formula is C14H20N2. The van der Waals surface area contributed by atoms with Gasteiger partial charge in [0.1, 0.15) is 0 Å². The van der Waals surface area contributed by atoms with E-state index >= 15 is 0 Å². The Bertz CT molecular complexity index is 380. The molecule has 0 aromatic heterocycles. The van der Waals surface area contributed by atoms with Crippen molar-refractivity contribution in [2.45, 2.75) is 19.3 Å². The highest BCUT2D eigenvalue weighted by atomic mass is 15.1. The van der Waals surface area contributed by atoms with Crippen molar-refractivity contribution in [2.24, 2.45) is 5.92 Å². The molecule has 1 N–H and O–H groups in total. The summed E-state index contributed by atoms with van der Waals surface area (Å²) in [6.07, 6.45) is 3.82. The maximum atomic E-state index is 3.46. The molecule has 1 aromatic rings. The van der Waals surface area contributed by atoms with E-state index in [9.17, 15) is 0 Å². The molecule has 2 nitrogen and oxygen atoms in total. The number of likely N-dealkylation sites (N-methyl/N-ethyl adjacent to an activating group) is 1. The minimum absolute atomic E-state index is 0.848. The Morgan fingerprint density at radius 2 is 2.38 bits per heavy atom. The summed E-state index contributed by atoms with van der Waals surface area (Å²) in [6.45, 7) is 3.60. The topological polar surface area (TPSA) is 15.3 Å². The lowest BCUT2D eigenvalue weighted by atomic mass is 9.95. The van der Waals surface area contributed by atoms with Gasteiger partial charge in [0.25, 0.3) is 0 Å². The third-order valence-corrected chi connectivity index (χ3v) is 3.97. The Morgan fingerprint density at radius 3 is 3.19 bits per heavy atom. The van der Waals surface area contributed by atoms with E-state index in [0.717, 1.165) is 5.92 Å². The first-order valence-electron chi connectivity index (χ1n) is 6.37. The zero-order valence-electron chi connectivity index (χ0n) is 10.00. The third-order valence-electron chi connectivity index (χ3n) is 3.97. The molecule has 3 rings (SSSR count). The van der Waals surface area contributed by atoms with Crippen LogP contribution in [-0.4, -0.2) is 26.7 Å². The number of hydrogen-bond donors (Lipinski definition) is 1. The SMILES string of the molecule is CN1CCc2cccc(CC3CCNC3)c21. The van der Waals surface area contributed by atoms with Gasteiger partial charge in [0.05, 0.1) is 0 Å². The molecule has 0 radical (unpaired) electrons. The molecule has 2 aliphatic rings. The van der Waals surface area contributed by atoms with Crippen LogP contribution >= 0.6 is 0 Å². The molecule has 1 saturated heterocycles. The fourth-order valence-corrected chi connectivity index (χ4v) is 3.10. The summed E-state index contributed by atoms with van der Waals surface area (Å²) in [4.78, 5) is 2.42. The molecule has 2 heterocycles. The van der Waals surface area contributed by atoms with Crippen LogP contribution in [-0.2, 0) is 12.8 Å². The first-order chi connectivity index (χ1) is 7.84. The molecule has 0 bridgehead atoms. The Morgan fingerprint density at radius 1 is 1.44 bits per heavy atom. The molecule has 0 aliphatic carbocycles. The standard InChI is InChI=1S/C14H20N2/c1-16-8-6-12-3-2-4-13(14(12)16)9-11-5-7-15-10-11/h2-4,11,15H,5-10H2,1H3. The Hall–Kier alpha value is -1.02. The lowest BCUT2D eigenvalue weighted by Crippen LogP contribution is -2.16. The Balaban J connectivity index is 1.86. The number of rotatable bonds is 2. The van der Waals surface area contributed by atoms with Crippen molar-refractivity contribution in [3.05, 3.63) is 29.3 Å². The van der Waals surface area contributed by atoms with E-state index in [2.05, 4.69) is 35.5 Å². The minimum atomic E-state index is 0.848. The fourth-order valence-electron chi connectivity index (χ4n) is 3.10. The van der Waals surface area contributed by atoms with Gasteiger partial charge in [-0.25, -0.2) is 0 Å². The second-order valence-electron chi connectivity index (χ2n) is 5.16. The van der Waals surface area contributed by atoms with Gasteiger partial charge in [-0.05, 0) is 49.4 Å². The van der Waals surface area contributed by atoms with E-state index in [1.54, 1.807) is 11.1 Å². The minimum Gasteiger partial charge on any atom is -0.374 e. The van der Waals surface area contributed by atoms with Crippen LogP contribution < -0.4 is 10.2 Å². The van der Waals surface area contributed by atoms with Crippen molar-refractivity contribution in [1.82, 2.24) is 5.32 Å². The lowest BCUT2D eigenvalue weighted by Gasteiger charge is -2.18. The van der Waals surface area contributed by atoms with Crippen LogP contribution in [0.3, 0.4) is 0 Å². The summed E-state index contributed by atoms with van der Waals surface area (Å²) in [5.41, 5.74) is 4.63. The number of anilines is 1. The Kier molecular flexibility index (Phi) is 2.60. The van der Waals surface area contributed by atoms with Crippen molar-refractivity contribution in [1.29, 1.82) is 0 Å². The third kappa shape index (κ3) is 1.71. The zero-order chi connectivity index (χ0) is 11.0. The van der Waals surface area contributed by atoms with E-state index in [1.165, 1.54) is 44.6 Å². The quantitative estimate of drug-likeness (QED) is 0.811. The number of nitrogens with zero attached hydrogens (tertiary/aromatic N) is 1. The second kappa shape index (κ2) is 4.10. The average Bonchev–Trinajstić information content (AvgIpc) is 2.90. The van der Waals surface area contributed by atoms with Crippen molar-refractivity contribution in [2.75, 3.05) is 31.6 Å². The maximum absolute atomic E-state index is 3.46. The summed E-state index contributed by atoms with van der Waals surface area (Å²) < 4.78 is 0. The van der Waals surface area contributed by atoms with Gasteiger partial charge in [0, 0.05) is 19.3 Å². The predicted octanol–water partition coefficient (Wildman–Crippen LogP) is 1.83. The molecule has 1 atom stereocenters. The lowest BCUT2D eigenvalue weighted by molar-refractivity contribution is 0.580. The molecule has 2 heteroatoms. The molecule has 86 valence electrons. The second-order valence-corrected chi connectivity index (χ2v) is 5.16. The smallest absolute Gasteiger partial charge is 0.0429 e. The van der Waals surface area contributed by atoms with Crippen LogP contribution in [0.25, 0.3) is 0 Å². The molecule has 2 aliphatic heterocycles. The van der Waals surface area contributed by atoms with Crippen molar-refractivity contribution in [3.8, 4) is 0 Å². The predicted molar refractivity (Wildman–Crippen MR) is 68.1 cm³/mol. The van der Waals surface area contributed by atoms with Crippen molar-refractivity contribution in [3.63, 3.8) is 0 Å². The normalized spacial score (nSPS) is 23.8. The van der Waals surface area contributed by atoms with Crippen LogP contribution in [0.4, 0.5) is 5.69 Å². The average molecular weight is 216 g/mol. The fraction of sp³-hybridized carbons (Fsp3) is 0.571. The number of hydrogen-bond acceptors (Lipinski definition) is 2. The molecule has 0 saturated carbocycles. The summed E-state index contributed by atoms with van der Waals surface area (Å²) >= 11 is 0. The van der Waals surface area contributed by atoms with E-state index in [-0.39, 0.29) is 0 Å². The van der Waals surface area contributed by atoms with E-state index < -0.39 is 0 Å². The van der Waals surface area contributed by atoms with Crippen LogP contribution in [0.2, 0.25) is 0 Å². The Labute approximate surface area is 97.6 Å². The number of benzene rings is 1. The van der Waals surface area contributed by atoms with E-state index in [4.69, 9.17) is 0 Å². The van der Waals surface area contributed by atoms with Gasteiger partial charge >= 0.3 is 0 Å². The number of para-hydroxylation sites is 1. The van der Waals surface area contributed by atoms with E-state index in [1.807, 2.05) is 0 Å². The molecule has 1 fully saturated rings. The van der Waals surface area contributed by atoms with Crippen LogP contribution in [0, 0.1) is 5.92 Å². The molecule has 0 amide bonds. The van der Waals surface area contributed by atoms with Crippen LogP contribution in [0.1, 0.15) is 17.5 Å². The van der Waals surface area contributed by atoms with Gasteiger partial charge in [-0.1, -0.05) is 18.2 Å². The summed E-state index contributed by atoms with van der Waals surface area (Å²) in [7, 11) is 2.22. The highest BCUT2D eigenvalue weighted by molar-refractivity contribution is 5.63. The van der Waals surface area contributed by atoms with Gasteiger partial charge in [-0.2, -0.15) is 0 Å². The van der Waals surface area contributed by atoms with Gasteiger partial charge in [-0.3, -0.25) is 0 Å². The van der Waals surface area contributed by atoms with Crippen molar-refractivity contribution < 1.29 is 0 Å². The molecule has 0 spiro atoms. The monoisotopic (exact) mass is 216 g/mol. The van der Waals surface area contributed by atoms with Gasteiger partial charge in [0.15, 0.2) is 0 Å². The largest absolute Gasteiger partial charge is 0.374 e. The molecule has 1 unspecified atom stereocenters. The summed E-state index contributed by atoms with van der Waals surface area (Å²) in [5, 5.41) is 3.46. The zero-order valence-corrected chi connectivity index (χ0v) is 10.00.